The van der Waals surface area contributed by atoms with Gasteiger partial charge in [-0.05, 0) is 12.5 Å². The molecule has 0 heterocycles. The first-order valence-electron chi connectivity index (χ1n) is 5.28. The highest BCUT2D eigenvalue weighted by Crippen LogP contribution is 2.36. The largest absolute Gasteiger partial charge is 0.481 e. The number of hydrogen-bond donors (Lipinski definition) is 2. The molecule has 0 fully saturated rings. The molecule has 0 saturated heterocycles. The minimum absolute atomic E-state index is 0.0698. The molecule has 0 saturated carbocycles. The molecular weight excluding hydrogens is 247 g/mol. The number of rotatable bonds is 4. The number of carbonyl (C=O) groups is 1. The summed E-state index contributed by atoms with van der Waals surface area (Å²) >= 11 is 0. The van der Waals surface area contributed by atoms with Crippen LogP contribution >= 0.6 is 0 Å². The Morgan fingerprint density at radius 1 is 1.28 bits per heavy atom. The average Bonchev–Trinajstić information content (AvgIpc) is 2.25. The molecule has 0 aliphatic rings. The molecule has 0 amide bonds. The van der Waals surface area contributed by atoms with Crippen LogP contribution in [-0.2, 0) is 10.2 Å². The van der Waals surface area contributed by atoms with Gasteiger partial charge in [0.05, 0.1) is 6.42 Å². The highest BCUT2D eigenvalue weighted by molar-refractivity contribution is 5.82. The number of hydrogen-bond acceptors (Lipinski definition) is 2. The second-order valence-corrected chi connectivity index (χ2v) is 4.25. The number of carboxylic acids is 1. The standard InChI is InChI=1S/C12H14F3NO2/c1-8-2-4-9(5-3-8)11(7-16,10(17)18)6-12(13,14)15/h2-5H,6-7,16H2,1H3,(H,17,18). The number of carboxylic acid groups (broad SMARTS) is 1. The Morgan fingerprint density at radius 2 is 1.78 bits per heavy atom. The van der Waals surface area contributed by atoms with E-state index in [9.17, 15) is 18.0 Å². The summed E-state index contributed by atoms with van der Waals surface area (Å²) in [6.45, 7) is 1.16. The van der Waals surface area contributed by atoms with Crippen LogP contribution in [0.25, 0.3) is 0 Å². The molecule has 0 aliphatic carbocycles. The van der Waals surface area contributed by atoms with Gasteiger partial charge < -0.3 is 10.8 Å². The van der Waals surface area contributed by atoms with Gasteiger partial charge in [-0.2, -0.15) is 13.2 Å². The molecule has 6 heteroatoms. The summed E-state index contributed by atoms with van der Waals surface area (Å²) in [7, 11) is 0. The molecule has 1 atom stereocenters. The lowest BCUT2D eigenvalue weighted by Crippen LogP contribution is -2.46. The molecule has 1 unspecified atom stereocenters. The summed E-state index contributed by atoms with van der Waals surface area (Å²) in [4.78, 5) is 11.2. The molecule has 18 heavy (non-hydrogen) atoms. The molecule has 1 rings (SSSR count). The predicted molar refractivity (Wildman–Crippen MR) is 60.2 cm³/mol. The van der Waals surface area contributed by atoms with Crippen LogP contribution in [0, 0.1) is 6.92 Å². The normalized spacial score (nSPS) is 15.2. The van der Waals surface area contributed by atoms with Crippen LogP contribution in [0.3, 0.4) is 0 Å². The van der Waals surface area contributed by atoms with Gasteiger partial charge in [0.1, 0.15) is 5.41 Å². The van der Waals surface area contributed by atoms with Gasteiger partial charge in [0.15, 0.2) is 0 Å². The van der Waals surface area contributed by atoms with Crippen LogP contribution in [0.15, 0.2) is 24.3 Å². The summed E-state index contributed by atoms with van der Waals surface area (Å²) in [6, 6.07) is 5.89. The number of aryl methyl sites for hydroxylation is 1. The number of alkyl halides is 3. The molecular formula is C12H14F3NO2. The van der Waals surface area contributed by atoms with Crippen molar-refractivity contribution in [3.8, 4) is 0 Å². The third-order valence-electron chi connectivity index (χ3n) is 2.86. The van der Waals surface area contributed by atoms with Crippen LogP contribution in [0.1, 0.15) is 17.5 Å². The predicted octanol–water partition coefficient (Wildman–Crippen LogP) is 2.23. The minimum Gasteiger partial charge on any atom is -0.481 e. The molecule has 3 nitrogen and oxygen atoms in total. The van der Waals surface area contributed by atoms with E-state index < -0.39 is 30.5 Å². The van der Waals surface area contributed by atoms with Gasteiger partial charge in [0.2, 0.25) is 0 Å². The van der Waals surface area contributed by atoms with E-state index in [0.29, 0.717) is 0 Å². The molecule has 1 aromatic rings. The van der Waals surface area contributed by atoms with Gasteiger partial charge in [-0.1, -0.05) is 29.8 Å². The first-order chi connectivity index (χ1) is 8.21. The Balaban J connectivity index is 3.27. The number of halogens is 3. The summed E-state index contributed by atoms with van der Waals surface area (Å²) in [5.74, 6) is -1.56. The lowest BCUT2D eigenvalue weighted by molar-refractivity contribution is -0.167. The molecule has 3 N–H and O–H groups in total. The molecule has 100 valence electrons. The minimum atomic E-state index is -4.59. The molecule has 0 spiro atoms. The lowest BCUT2D eigenvalue weighted by atomic mass is 9.77. The molecule has 0 aromatic heterocycles. The monoisotopic (exact) mass is 261 g/mol. The van der Waals surface area contributed by atoms with Crippen molar-refractivity contribution in [2.45, 2.75) is 24.9 Å². The van der Waals surface area contributed by atoms with Gasteiger partial charge in [0, 0.05) is 6.54 Å². The van der Waals surface area contributed by atoms with Crippen LogP contribution < -0.4 is 5.73 Å². The van der Waals surface area contributed by atoms with E-state index in [0.717, 1.165) is 5.56 Å². The fourth-order valence-corrected chi connectivity index (χ4v) is 1.79. The van der Waals surface area contributed by atoms with E-state index in [1.807, 2.05) is 0 Å². The second kappa shape index (κ2) is 4.97. The first kappa shape index (κ1) is 14.5. The number of aliphatic carboxylic acids is 1. The quantitative estimate of drug-likeness (QED) is 0.873. The zero-order chi connectivity index (χ0) is 14.0. The van der Waals surface area contributed by atoms with E-state index in [1.54, 1.807) is 19.1 Å². The Kier molecular flexibility index (Phi) is 4.01. The van der Waals surface area contributed by atoms with E-state index >= 15 is 0 Å². The van der Waals surface area contributed by atoms with Gasteiger partial charge in [-0.25, -0.2) is 0 Å². The molecule has 0 radical (unpaired) electrons. The van der Waals surface area contributed by atoms with Gasteiger partial charge in [0.25, 0.3) is 0 Å². The Bertz CT molecular complexity index is 428. The van der Waals surface area contributed by atoms with Crippen molar-refractivity contribution >= 4 is 5.97 Å². The Labute approximate surface area is 102 Å². The summed E-state index contributed by atoms with van der Waals surface area (Å²) in [5.41, 5.74) is 4.09. The maximum atomic E-state index is 12.5. The van der Waals surface area contributed by atoms with Gasteiger partial charge >= 0.3 is 12.1 Å². The van der Waals surface area contributed by atoms with Crippen LogP contribution in [0.5, 0.6) is 0 Å². The smallest absolute Gasteiger partial charge is 0.390 e. The lowest BCUT2D eigenvalue weighted by Gasteiger charge is -2.29. The molecule has 1 aromatic carbocycles. The van der Waals surface area contributed by atoms with E-state index in [-0.39, 0.29) is 5.56 Å². The van der Waals surface area contributed by atoms with Crippen molar-refractivity contribution in [2.24, 2.45) is 5.73 Å². The van der Waals surface area contributed by atoms with E-state index in [4.69, 9.17) is 10.8 Å². The maximum Gasteiger partial charge on any atom is 0.390 e. The summed E-state index contributed by atoms with van der Waals surface area (Å²) in [5, 5.41) is 9.13. The first-order valence-corrected chi connectivity index (χ1v) is 5.28. The van der Waals surface area contributed by atoms with Gasteiger partial charge in [-0.15, -0.1) is 0 Å². The SMILES string of the molecule is Cc1ccc(C(CN)(CC(F)(F)F)C(=O)O)cc1. The van der Waals surface area contributed by atoms with Crippen LogP contribution in [-0.4, -0.2) is 23.8 Å². The number of nitrogens with two attached hydrogens (primary N) is 1. The third kappa shape index (κ3) is 3.01. The fourth-order valence-electron chi connectivity index (χ4n) is 1.79. The average molecular weight is 261 g/mol. The van der Waals surface area contributed by atoms with Crippen molar-refractivity contribution < 1.29 is 23.1 Å². The van der Waals surface area contributed by atoms with Crippen molar-refractivity contribution in [1.29, 1.82) is 0 Å². The summed E-state index contributed by atoms with van der Waals surface area (Å²) in [6.07, 6.45) is -6.07. The molecule has 0 aliphatic heterocycles. The Morgan fingerprint density at radius 3 is 2.11 bits per heavy atom. The van der Waals surface area contributed by atoms with Gasteiger partial charge in [-0.3, -0.25) is 4.79 Å². The summed E-state index contributed by atoms with van der Waals surface area (Å²) < 4.78 is 37.6. The second-order valence-electron chi connectivity index (χ2n) is 4.25. The van der Waals surface area contributed by atoms with Crippen molar-refractivity contribution in [3.05, 3.63) is 35.4 Å². The Hall–Kier alpha value is -1.56. The zero-order valence-electron chi connectivity index (χ0n) is 9.79. The van der Waals surface area contributed by atoms with Crippen molar-refractivity contribution in [2.75, 3.05) is 6.54 Å². The zero-order valence-corrected chi connectivity index (χ0v) is 9.79. The van der Waals surface area contributed by atoms with Crippen molar-refractivity contribution in [3.63, 3.8) is 0 Å². The van der Waals surface area contributed by atoms with E-state index in [1.165, 1.54) is 12.1 Å². The topological polar surface area (TPSA) is 63.3 Å². The fraction of sp³-hybridized carbons (Fsp3) is 0.417. The van der Waals surface area contributed by atoms with E-state index in [2.05, 4.69) is 0 Å². The van der Waals surface area contributed by atoms with Crippen LogP contribution in [0.2, 0.25) is 0 Å². The number of benzene rings is 1. The highest BCUT2D eigenvalue weighted by atomic mass is 19.4. The van der Waals surface area contributed by atoms with Crippen LogP contribution in [0.4, 0.5) is 13.2 Å². The third-order valence-corrected chi connectivity index (χ3v) is 2.86. The van der Waals surface area contributed by atoms with Crippen molar-refractivity contribution in [1.82, 2.24) is 0 Å². The highest BCUT2D eigenvalue weighted by Gasteiger charge is 2.48. The maximum absolute atomic E-state index is 12.5. The molecule has 0 bridgehead atoms.